The molecule has 0 aliphatic heterocycles. The molecule has 2 unspecified atom stereocenters. The lowest BCUT2D eigenvalue weighted by molar-refractivity contribution is -0.164. The SMILES string of the molecule is CCCCCc1ccc(-c2cc3ccc(OCCCCC(O)COC(=O)C(C)(CC(C)(C)C)C(C)(C)N)cc3o2)c(C(F)(F)F)c1. The summed E-state index contributed by atoms with van der Waals surface area (Å²) < 4.78 is 59.2. The van der Waals surface area contributed by atoms with Crippen LogP contribution in [0.1, 0.15) is 105 Å². The lowest BCUT2D eigenvalue weighted by Crippen LogP contribution is -2.56. The summed E-state index contributed by atoms with van der Waals surface area (Å²) in [5, 5.41) is 11.1. The Bertz CT molecular complexity index is 1430. The number of furan rings is 1. The third-order valence-corrected chi connectivity index (χ3v) is 8.58. The summed E-state index contributed by atoms with van der Waals surface area (Å²) in [6.45, 7) is 13.9. The lowest BCUT2D eigenvalue weighted by atomic mass is 9.65. The standard InChI is InChI=1S/C37H52F3NO5/c1-8-9-10-13-25-15-18-29(30(20-25)37(38,39)40)32-21-26-16-17-28(22-31(26)46-32)44-19-12-11-14-27(42)23-45-33(43)36(7,35(5,6)41)24-34(2,3)4/h15-18,20-22,27,42H,8-14,19,23-24,41H2,1-7H3. The van der Waals surface area contributed by atoms with Gasteiger partial charge in [-0.3, -0.25) is 4.79 Å². The van der Waals surface area contributed by atoms with E-state index >= 15 is 0 Å². The van der Waals surface area contributed by atoms with Gasteiger partial charge in [0.2, 0.25) is 0 Å². The van der Waals surface area contributed by atoms with Crippen molar-refractivity contribution >= 4 is 16.9 Å². The number of benzene rings is 2. The third-order valence-electron chi connectivity index (χ3n) is 8.58. The van der Waals surface area contributed by atoms with E-state index in [-0.39, 0.29) is 23.3 Å². The zero-order valence-corrected chi connectivity index (χ0v) is 28.5. The molecule has 0 amide bonds. The number of aryl methyl sites for hydroxylation is 1. The number of ether oxygens (including phenoxy) is 2. The molecule has 3 N–H and O–H groups in total. The fourth-order valence-corrected chi connectivity index (χ4v) is 5.72. The molecule has 0 spiro atoms. The van der Waals surface area contributed by atoms with Gasteiger partial charge in [-0.05, 0) is 94.5 Å². The van der Waals surface area contributed by atoms with Crippen LogP contribution < -0.4 is 10.5 Å². The molecule has 3 rings (SSSR count). The summed E-state index contributed by atoms with van der Waals surface area (Å²) in [7, 11) is 0. The quantitative estimate of drug-likeness (QED) is 0.119. The minimum Gasteiger partial charge on any atom is -0.493 e. The first-order valence-corrected chi connectivity index (χ1v) is 16.3. The Hall–Kier alpha value is -3.04. The Morgan fingerprint density at radius 3 is 2.30 bits per heavy atom. The van der Waals surface area contributed by atoms with E-state index in [4.69, 9.17) is 19.6 Å². The largest absolute Gasteiger partial charge is 0.493 e. The number of alkyl halides is 3. The van der Waals surface area contributed by atoms with E-state index in [9.17, 15) is 23.1 Å². The van der Waals surface area contributed by atoms with Crippen LogP contribution >= 0.6 is 0 Å². The van der Waals surface area contributed by atoms with Crippen LogP contribution in [0, 0.1) is 10.8 Å². The number of carbonyl (C=O) groups excluding carboxylic acids is 1. The maximum atomic E-state index is 14.0. The van der Waals surface area contributed by atoms with E-state index in [0.717, 1.165) is 19.3 Å². The predicted molar refractivity (Wildman–Crippen MR) is 177 cm³/mol. The molecule has 0 radical (unpaired) electrons. The molecule has 0 aliphatic carbocycles. The number of nitrogens with two attached hydrogens (primary N) is 1. The van der Waals surface area contributed by atoms with Crippen LogP contribution in [0.5, 0.6) is 5.75 Å². The molecule has 6 nitrogen and oxygen atoms in total. The van der Waals surface area contributed by atoms with Crippen LogP contribution in [0.4, 0.5) is 13.2 Å². The van der Waals surface area contributed by atoms with Gasteiger partial charge in [0, 0.05) is 22.6 Å². The number of aliphatic hydroxyl groups is 1. The Morgan fingerprint density at radius 2 is 1.67 bits per heavy atom. The van der Waals surface area contributed by atoms with Crippen LogP contribution in [0.2, 0.25) is 0 Å². The molecule has 46 heavy (non-hydrogen) atoms. The van der Waals surface area contributed by atoms with Crippen molar-refractivity contribution in [2.75, 3.05) is 13.2 Å². The molecule has 0 bridgehead atoms. The van der Waals surface area contributed by atoms with Crippen molar-refractivity contribution in [3.8, 4) is 17.1 Å². The summed E-state index contributed by atoms with van der Waals surface area (Å²) in [6.07, 6.45) is 0.369. The van der Waals surface area contributed by atoms with Gasteiger partial charge < -0.3 is 24.7 Å². The number of hydrogen-bond acceptors (Lipinski definition) is 6. The molecule has 9 heteroatoms. The van der Waals surface area contributed by atoms with E-state index in [2.05, 4.69) is 6.92 Å². The molecule has 0 fully saturated rings. The number of carbonyl (C=O) groups is 1. The lowest BCUT2D eigenvalue weighted by Gasteiger charge is -2.43. The second kappa shape index (κ2) is 15.2. The van der Waals surface area contributed by atoms with Crippen LogP contribution in [-0.2, 0) is 22.1 Å². The molecular formula is C37H52F3NO5. The molecular weight excluding hydrogens is 595 g/mol. The maximum Gasteiger partial charge on any atom is 0.417 e. The third kappa shape index (κ3) is 10.2. The minimum atomic E-state index is -4.51. The van der Waals surface area contributed by atoms with Gasteiger partial charge in [0.15, 0.2) is 0 Å². The van der Waals surface area contributed by atoms with Gasteiger partial charge >= 0.3 is 12.1 Å². The molecule has 0 saturated heterocycles. The van der Waals surface area contributed by atoms with Crippen molar-refractivity contribution in [2.45, 2.75) is 118 Å². The van der Waals surface area contributed by atoms with E-state index in [0.29, 0.717) is 61.0 Å². The fraction of sp³-hybridized carbons (Fsp3) is 0.595. The molecule has 2 atom stereocenters. The first-order chi connectivity index (χ1) is 21.3. The summed E-state index contributed by atoms with van der Waals surface area (Å²) in [5.74, 6) is 0.276. The summed E-state index contributed by atoms with van der Waals surface area (Å²) in [5.41, 5.74) is 4.94. The highest BCUT2D eigenvalue weighted by atomic mass is 19.4. The molecule has 1 heterocycles. The highest BCUT2D eigenvalue weighted by Crippen LogP contribution is 2.42. The number of hydrogen-bond donors (Lipinski definition) is 2. The molecule has 0 saturated carbocycles. The Kier molecular flexibility index (Phi) is 12.4. The van der Waals surface area contributed by atoms with Crippen molar-refractivity contribution in [1.82, 2.24) is 0 Å². The molecule has 256 valence electrons. The van der Waals surface area contributed by atoms with Gasteiger partial charge in [0.05, 0.1) is 23.7 Å². The number of fused-ring (bicyclic) bond motifs is 1. The second-order valence-corrected chi connectivity index (χ2v) is 14.5. The van der Waals surface area contributed by atoms with Crippen LogP contribution in [0.25, 0.3) is 22.3 Å². The number of rotatable bonds is 16. The van der Waals surface area contributed by atoms with E-state index in [1.54, 1.807) is 30.3 Å². The Morgan fingerprint density at radius 1 is 0.957 bits per heavy atom. The predicted octanol–water partition coefficient (Wildman–Crippen LogP) is 9.48. The number of halogens is 3. The van der Waals surface area contributed by atoms with Crippen LogP contribution in [0.15, 0.2) is 46.9 Å². The number of esters is 1. The molecule has 0 aliphatic rings. The van der Waals surface area contributed by atoms with Gasteiger partial charge in [0.1, 0.15) is 23.7 Å². The van der Waals surface area contributed by atoms with Crippen molar-refractivity contribution in [3.05, 3.63) is 53.6 Å². The summed E-state index contributed by atoms with van der Waals surface area (Å²) >= 11 is 0. The highest BCUT2D eigenvalue weighted by Gasteiger charge is 2.48. The molecule has 1 aromatic heterocycles. The van der Waals surface area contributed by atoms with Crippen LogP contribution in [-0.4, -0.2) is 35.9 Å². The number of unbranched alkanes of at least 4 members (excludes halogenated alkanes) is 3. The van der Waals surface area contributed by atoms with Gasteiger partial charge in [-0.2, -0.15) is 13.2 Å². The minimum absolute atomic E-state index is 0.0141. The van der Waals surface area contributed by atoms with Crippen molar-refractivity contribution in [3.63, 3.8) is 0 Å². The first-order valence-electron chi connectivity index (χ1n) is 16.3. The van der Waals surface area contributed by atoms with Gasteiger partial charge in [0.25, 0.3) is 0 Å². The van der Waals surface area contributed by atoms with Gasteiger partial charge in [-0.1, -0.05) is 52.7 Å². The monoisotopic (exact) mass is 647 g/mol. The zero-order chi connectivity index (χ0) is 34.3. The average Bonchev–Trinajstić information content (AvgIpc) is 3.37. The topological polar surface area (TPSA) is 94.9 Å². The average molecular weight is 648 g/mol. The Labute approximate surface area is 271 Å². The van der Waals surface area contributed by atoms with Crippen molar-refractivity contribution < 1.29 is 37.0 Å². The maximum absolute atomic E-state index is 14.0. The van der Waals surface area contributed by atoms with E-state index in [1.807, 2.05) is 41.5 Å². The number of aliphatic hydroxyl groups excluding tert-OH is 1. The summed E-state index contributed by atoms with van der Waals surface area (Å²) in [6, 6.07) is 11.3. The zero-order valence-electron chi connectivity index (χ0n) is 28.5. The smallest absolute Gasteiger partial charge is 0.417 e. The highest BCUT2D eigenvalue weighted by molar-refractivity contribution is 5.84. The van der Waals surface area contributed by atoms with Crippen molar-refractivity contribution in [2.24, 2.45) is 16.6 Å². The Balaban J connectivity index is 1.53. The van der Waals surface area contributed by atoms with Gasteiger partial charge in [-0.15, -0.1) is 0 Å². The van der Waals surface area contributed by atoms with Gasteiger partial charge in [-0.25, -0.2) is 0 Å². The van der Waals surface area contributed by atoms with Crippen LogP contribution in [0.3, 0.4) is 0 Å². The van der Waals surface area contributed by atoms with E-state index < -0.39 is 34.8 Å². The summed E-state index contributed by atoms with van der Waals surface area (Å²) in [4.78, 5) is 13.0. The molecule has 3 aromatic rings. The first kappa shape index (κ1) is 37.4. The molecule has 2 aromatic carbocycles. The fourth-order valence-electron chi connectivity index (χ4n) is 5.72. The second-order valence-electron chi connectivity index (χ2n) is 14.5. The normalized spacial score (nSPS) is 14.7. The van der Waals surface area contributed by atoms with Crippen molar-refractivity contribution in [1.29, 1.82) is 0 Å². The van der Waals surface area contributed by atoms with E-state index in [1.165, 1.54) is 12.1 Å².